The highest BCUT2D eigenvalue weighted by Gasteiger charge is 2.11. The summed E-state index contributed by atoms with van der Waals surface area (Å²) in [5.41, 5.74) is 3.11. The van der Waals surface area contributed by atoms with Gasteiger partial charge < -0.3 is 9.57 Å². The van der Waals surface area contributed by atoms with E-state index in [1.54, 1.807) is 0 Å². The number of hydrogen-bond acceptors (Lipinski definition) is 4. The van der Waals surface area contributed by atoms with E-state index >= 15 is 0 Å². The second-order valence-corrected chi connectivity index (χ2v) is 5.74. The third kappa shape index (κ3) is 5.36. The van der Waals surface area contributed by atoms with Crippen LogP contribution in [0.3, 0.4) is 0 Å². The summed E-state index contributed by atoms with van der Waals surface area (Å²) in [4.78, 5) is 4.77. The van der Waals surface area contributed by atoms with Gasteiger partial charge in [0, 0.05) is 5.56 Å². The van der Waals surface area contributed by atoms with Crippen molar-refractivity contribution in [2.24, 2.45) is 5.16 Å². The van der Waals surface area contributed by atoms with Crippen molar-refractivity contribution in [2.75, 3.05) is 7.11 Å². The van der Waals surface area contributed by atoms with Crippen molar-refractivity contribution >= 4 is 5.71 Å². The molecule has 2 aromatic carbocycles. The zero-order chi connectivity index (χ0) is 17.9. The highest BCUT2D eigenvalue weighted by molar-refractivity contribution is 6.12. The van der Waals surface area contributed by atoms with Crippen LogP contribution in [0.2, 0.25) is 0 Å². The molecule has 0 N–H and O–H groups in total. The quantitative estimate of drug-likeness (QED) is 0.373. The topological polar surface area (TPSA) is 54.6 Å². The molecule has 4 nitrogen and oxygen atoms in total. The number of ether oxygens (including phenoxy) is 1. The highest BCUT2D eigenvalue weighted by atomic mass is 16.6. The number of benzene rings is 2. The average molecular weight is 336 g/mol. The zero-order valence-corrected chi connectivity index (χ0v) is 14.9. The number of hydrogen-bond donors (Lipinski definition) is 0. The number of nitrogens with zero attached hydrogens (tertiary/aromatic N) is 2. The number of rotatable bonds is 9. The van der Waals surface area contributed by atoms with Crippen molar-refractivity contribution in [2.45, 2.75) is 39.2 Å². The Morgan fingerprint density at radius 3 is 2.48 bits per heavy atom. The zero-order valence-electron chi connectivity index (χ0n) is 14.9. The van der Waals surface area contributed by atoms with Gasteiger partial charge in [0.15, 0.2) is 5.71 Å². The Kier molecular flexibility index (Phi) is 7.52. The van der Waals surface area contributed by atoms with Gasteiger partial charge in [-0.25, -0.2) is 0 Å². The van der Waals surface area contributed by atoms with E-state index in [1.165, 1.54) is 25.5 Å². The van der Waals surface area contributed by atoms with Gasteiger partial charge >= 0.3 is 0 Å². The molecule has 0 spiro atoms. The molecule has 0 bridgehead atoms. The lowest BCUT2D eigenvalue weighted by Gasteiger charge is -2.13. The smallest absolute Gasteiger partial charge is 0.187 e. The molecule has 0 amide bonds. The molecule has 25 heavy (non-hydrogen) atoms. The van der Waals surface area contributed by atoms with E-state index in [9.17, 15) is 5.26 Å². The molecule has 0 unspecified atom stereocenters. The minimum Gasteiger partial charge on any atom is -0.489 e. The summed E-state index contributed by atoms with van der Waals surface area (Å²) in [6.45, 7) is 2.58. The van der Waals surface area contributed by atoms with Crippen molar-refractivity contribution in [3.63, 3.8) is 0 Å². The summed E-state index contributed by atoms with van der Waals surface area (Å²) in [6.07, 6.45) is 4.59. The van der Waals surface area contributed by atoms with E-state index in [4.69, 9.17) is 9.57 Å². The monoisotopic (exact) mass is 336 g/mol. The fraction of sp³-hybridized carbons (Fsp3) is 0.333. The first-order chi connectivity index (χ1) is 12.3. The van der Waals surface area contributed by atoms with Crippen LogP contribution >= 0.6 is 0 Å². The number of para-hydroxylation sites is 1. The average Bonchev–Trinajstić information content (AvgIpc) is 2.66. The van der Waals surface area contributed by atoms with Gasteiger partial charge in [0.05, 0.1) is 0 Å². The minimum atomic E-state index is 0.248. The van der Waals surface area contributed by atoms with Crippen LogP contribution in [0.4, 0.5) is 0 Å². The molecule has 4 heteroatoms. The first-order valence-corrected chi connectivity index (χ1v) is 8.60. The van der Waals surface area contributed by atoms with Crippen LogP contribution in [0, 0.1) is 11.3 Å². The largest absolute Gasteiger partial charge is 0.489 e. The number of oxime groups is 1. The van der Waals surface area contributed by atoms with Gasteiger partial charge in [0.2, 0.25) is 0 Å². The van der Waals surface area contributed by atoms with Gasteiger partial charge in [-0.1, -0.05) is 67.4 Å². The first kappa shape index (κ1) is 18.5. The van der Waals surface area contributed by atoms with Crippen molar-refractivity contribution < 1.29 is 9.57 Å². The molecule has 0 aliphatic rings. The Morgan fingerprint density at radius 2 is 1.76 bits per heavy atom. The third-order valence-corrected chi connectivity index (χ3v) is 3.97. The van der Waals surface area contributed by atoms with Crippen LogP contribution in [-0.2, 0) is 17.9 Å². The van der Waals surface area contributed by atoms with E-state index in [0.29, 0.717) is 6.61 Å². The summed E-state index contributed by atoms with van der Waals surface area (Å²) in [5, 5.41) is 13.1. The molecule has 0 atom stereocenters. The van der Waals surface area contributed by atoms with Crippen LogP contribution in [0.1, 0.15) is 42.9 Å². The van der Waals surface area contributed by atoms with Gasteiger partial charge in [0.1, 0.15) is 25.5 Å². The summed E-state index contributed by atoms with van der Waals surface area (Å²) >= 11 is 0. The second kappa shape index (κ2) is 10.1. The van der Waals surface area contributed by atoms with Gasteiger partial charge in [-0.05, 0) is 30.0 Å². The minimum absolute atomic E-state index is 0.248. The molecular weight excluding hydrogens is 312 g/mol. The molecule has 0 fully saturated rings. The maximum atomic E-state index is 9.28. The van der Waals surface area contributed by atoms with Crippen LogP contribution in [0.25, 0.3) is 0 Å². The summed E-state index contributed by atoms with van der Waals surface area (Å²) in [7, 11) is 1.43. The number of aryl methyl sites for hydroxylation is 1. The van der Waals surface area contributed by atoms with Crippen molar-refractivity contribution in [1.29, 1.82) is 5.26 Å². The van der Waals surface area contributed by atoms with Crippen LogP contribution < -0.4 is 4.74 Å². The SMILES string of the molecule is CCCCCc1ccccc1OCc1ccccc1C(C#N)=NOC. The molecule has 2 rings (SSSR count). The Morgan fingerprint density at radius 1 is 1.04 bits per heavy atom. The van der Waals surface area contributed by atoms with E-state index in [2.05, 4.69) is 24.2 Å². The number of unbranched alkanes of at least 4 members (excludes halogenated alkanes) is 2. The molecule has 0 aromatic heterocycles. The van der Waals surface area contributed by atoms with Gasteiger partial charge in [0.25, 0.3) is 0 Å². The van der Waals surface area contributed by atoms with Crippen LogP contribution in [-0.4, -0.2) is 12.8 Å². The predicted molar refractivity (Wildman–Crippen MR) is 99.6 cm³/mol. The molecule has 130 valence electrons. The molecule has 0 saturated heterocycles. The van der Waals surface area contributed by atoms with E-state index in [-0.39, 0.29) is 5.71 Å². The van der Waals surface area contributed by atoms with Crippen LogP contribution in [0.5, 0.6) is 5.75 Å². The molecular formula is C21H24N2O2. The van der Waals surface area contributed by atoms with Crippen molar-refractivity contribution in [1.82, 2.24) is 0 Å². The lowest BCUT2D eigenvalue weighted by Crippen LogP contribution is -2.07. The van der Waals surface area contributed by atoms with Crippen molar-refractivity contribution in [3.05, 3.63) is 65.2 Å². The van der Waals surface area contributed by atoms with E-state index in [0.717, 1.165) is 29.7 Å². The highest BCUT2D eigenvalue weighted by Crippen LogP contribution is 2.22. The molecule has 0 saturated carbocycles. The first-order valence-electron chi connectivity index (χ1n) is 8.60. The third-order valence-electron chi connectivity index (χ3n) is 3.97. The molecule has 0 aliphatic carbocycles. The molecule has 0 aliphatic heterocycles. The molecule has 2 aromatic rings. The molecule has 0 heterocycles. The Bertz CT molecular complexity index is 748. The molecule has 0 radical (unpaired) electrons. The van der Waals surface area contributed by atoms with Crippen LogP contribution in [0.15, 0.2) is 53.7 Å². The van der Waals surface area contributed by atoms with Gasteiger partial charge in [-0.3, -0.25) is 0 Å². The number of nitriles is 1. The second-order valence-electron chi connectivity index (χ2n) is 5.74. The fourth-order valence-electron chi connectivity index (χ4n) is 2.67. The summed E-state index contributed by atoms with van der Waals surface area (Å²) < 4.78 is 6.06. The van der Waals surface area contributed by atoms with E-state index in [1.807, 2.05) is 42.5 Å². The standard InChI is InChI=1S/C21H24N2O2/c1-3-4-5-10-17-11-7-9-14-21(17)25-16-18-12-6-8-13-19(18)20(15-22)23-24-2/h6-9,11-14H,3-5,10,16H2,1-2H3. The van der Waals surface area contributed by atoms with E-state index < -0.39 is 0 Å². The maximum absolute atomic E-state index is 9.28. The Balaban J connectivity index is 2.15. The van der Waals surface area contributed by atoms with Gasteiger partial charge in [-0.2, -0.15) is 5.26 Å². The fourth-order valence-corrected chi connectivity index (χ4v) is 2.67. The maximum Gasteiger partial charge on any atom is 0.187 e. The normalized spacial score (nSPS) is 11.0. The summed E-state index contributed by atoms with van der Waals surface area (Å²) in [6, 6.07) is 17.8. The lowest BCUT2D eigenvalue weighted by molar-refractivity contribution is 0.214. The lowest BCUT2D eigenvalue weighted by atomic mass is 10.0. The van der Waals surface area contributed by atoms with Gasteiger partial charge in [-0.15, -0.1) is 0 Å². The summed E-state index contributed by atoms with van der Waals surface area (Å²) in [5.74, 6) is 0.899. The van der Waals surface area contributed by atoms with Crippen molar-refractivity contribution in [3.8, 4) is 11.8 Å². The predicted octanol–water partition coefficient (Wildman–Crippen LogP) is 4.87. The Hall–Kier alpha value is -2.80. The Labute approximate surface area is 149 Å².